The average molecular weight is 271 g/mol. The first-order valence-electron chi connectivity index (χ1n) is 6.18. The molecule has 102 valence electrons. The van der Waals surface area contributed by atoms with E-state index >= 15 is 0 Å². The Morgan fingerprint density at radius 2 is 2.25 bits per heavy atom. The van der Waals surface area contributed by atoms with E-state index in [0.717, 1.165) is 5.69 Å². The summed E-state index contributed by atoms with van der Waals surface area (Å²) in [6.07, 6.45) is 4.20. The first-order valence-corrected chi connectivity index (χ1v) is 6.18. The summed E-state index contributed by atoms with van der Waals surface area (Å²) in [7, 11) is 0. The van der Waals surface area contributed by atoms with Crippen LogP contribution in [0.15, 0.2) is 35.1 Å². The third-order valence-corrected chi connectivity index (χ3v) is 2.65. The van der Waals surface area contributed by atoms with Gasteiger partial charge >= 0.3 is 0 Å². The molecule has 3 heterocycles. The van der Waals surface area contributed by atoms with Gasteiger partial charge in [-0.3, -0.25) is 4.98 Å². The predicted molar refractivity (Wildman–Crippen MR) is 69.4 cm³/mol. The lowest BCUT2D eigenvalue weighted by Crippen LogP contribution is -2.03. The van der Waals surface area contributed by atoms with Crippen molar-refractivity contribution in [1.82, 2.24) is 30.1 Å². The lowest BCUT2D eigenvalue weighted by atomic mass is 10.3. The van der Waals surface area contributed by atoms with E-state index < -0.39 is 0 Å². The molecule has 8 nitrogen and oxygen atoms in total. The Bertz CT molecular complexity index is 676. The van der Waals surface area contributed by atoms with Crippen molar-refractivity contribution in [2.45, 2.75) is 13.0 Å². The molecule has 0 aliphatic heterocycles. The Kier molecular flexibility index (Phi) is 3.46. The fourth-order valence-corrected chi connectivity index (χ4v) is 1.73. The van der Waals surface area contributed by atoms with Crippen LogP contribution in [0.2, 0.25) is 0 Å². The van der Waals surface area contributed by atoms with Gasteiger partial charge in [-0.1, -0.05) is 16.4 Å². The molecule has 0 bridgehead atoms. The van der Waals surface area contributed by atoms with E-state index in [-0.39, 0.29) is 0 Å². The summed E-state index contributed by atoms with van der Waals surface area (Å²) < 4.78 is 6.82. The van der Waals surface area contributed by atoms with Gasteiger partial charge in [0.2, 0.25) is 11.7 Å². The van der Waals surface area contributed by atoms with Gasteiger partial charge in [0.25, 0.3) is 0 Å². The molecule has 3 rings (SSSR count). The predicted octanol–water partition coefficient (Wildman–Crippen LogP) is 0.273. The maximum absolute atomic E-state index is 5.47. The number of hydrogen-bond donors (Lipinski definition) is 1. The molecule has 0 saturated carbocycles. The molecular weight excluding hydrogens is 258 g/mol. The summed E-state index contributed by atoms with van der Waals surface area (Å²) >= 11 is 0. The van der Waals surface area contributed by atoms with E-state index in [4.69, 9.17) is 10.3 Å². The molecule has 3 aromatic heterocycles. The Balaban J connectivity index is 1.73. The fourth-order valence-electron chi connectivity index (χ4n) is 1.73. The highest BCUT2D eigenvalue weighted by atomic mass is 16.5. The van der Waals surface area contributed by atoms with Crippen LogP contribution in [0.25, 0.3) is 11.5 Å². The number of pyridine rings is 1. The van der Waals surface area contributed by atoms with Gasteiger partial charge in [0, 0.05) is 18.8 Å². The van der Waals surface area contributed by atoms with Crippen molar-refractivity contribution in [3.63, 3.8) is 0 Å². The molecule has 0 aliphatic rings. The van der Waals surface area contributed by atoms with Gasteiger partial charge in [-0.05, 0) is 18.7 Å². The summed E-state index contributed by atoms with van der Waals surface area (Å²) in [5.74, 6) is 0.915. The summed E-state index contributed by atoms with van der Waals surface area (Å²) in [5.41, 5.74) is 6.98. The average Bonchev–Trinajstić information content (AvgIpc) is 3.11. The number of aromatic nitrogens is 6. The molecule has 0 unspecified atom stereocenters. The second-order valence-corrected chi connectivity index (χ2v) is 4.17. The molecule has 0 amide bonds. The van der Waals surface area contributed by atoms with Gasteiger partial charge < -0.3 is 10.3 Å². The van der Waals surface area contributed by atoms with Gasteiger partial charge in [0.1, 0.15) is 12.2 Å². The molecule has 0 atom stereocenters. The second kappa shape index (κ2) is 5.57. The molecule has 20 heavy (non-hydrogen) atoms. The van der Waals surface area contributed by atoms with Crippen LogP contribution < -0.4 is 5.73 Å². The van der Waals surface area contributed by atoms with Gasteiger partial charge in [-0.2, -0.15) is 4.98 Å². The third-order valence-electron chi connectivity index (χ3n) is 2.65. The summed E-state index contributed by atoms with van der Waals surface area (Å²) in [6.45, 7) is 0.917. The normalized spacial score (nSPS) is 10.8. The van der Waals surface area contributed by atoms with E-state index in [1.54, 1.807) is 10.9 Å². The monoisotopic (exact) mass is 271 g/mol. The van der Waals surface area contributed by atoms with Crippen molar-refractivity contribution in [2.75, 3.05) is 6.54 Å². The highest BCUT2D eigenvalue weighted by Gasteiger charge is 2.10. The zero-order valence-electron chi connectivity index (χ0n) is 10.7. The van der Waals surface area contributed by atoms with Gasteiger partial charge in [0.05, 0.1) is 5.69 Å². The SMILES string of the molecule is NCCc1cn(Cc2nc(-c3ccccn3)no2)nn1. The van der Waals surface area contributed by atoms with Crippen molar-refractivity contribution < 1.29 is 4.52 Å². The van der Waals surface area contributed by atoms with Crippen LogP contribution in [-0.4, -0.2) is 36.7 Å². The zero-order valence-corrected chi connectivity index (χ0v) is 10.7. The summed E-state index contributed by atoms with van der Waals surface area (Å²) in [5, 5.41) is 11.9. The van der Waals surface area contributed by atoms with Crippen molar-refractivity contribution in [1.29, 1.82) is 0 Å². The van der Waals surface area contributed by atoms with E-state index in [1.807, 2.05) is 24.4 Å². The van der Waals surface area contributed by atoms with E-state index in [9.17, 15) is 0 Å². The molecular formula is C12H13N7O. The largest absolute Gasteiger partial charge is 0.337 e. The van der Waals surface area contributed by atoms with Crippen molar-refractivity contribution in [3.05, 3.63) is 42.2 Å². The smallest absolute Gasteiger partial charge is 0.248 e. The minimum Gasteiger partial charge on any atom is -0.337 e. The topological polar surface area (TPSA) is 109 Å². The fraction of sp³-hybridized carbons (Fsp3) is 0.250. The first-order chi connectivity index (χ1) is 9.85. The molecule has 0 aromatic carbocycles. The van der Waals surface area contributed by atoms with E-state index in [1.165, 1.54) is 0 Å². The summed E-state index contributed by atoms with van der Waals surface area (Å²) in [4.78, 5) is 8.44. The molecule has 0 saturated heterocycles. The van der Waals surface area contributed by atoms with Gasteiger partial charge in [-0.15, -0.1) is 5.10 Å². The quantitative estimate of drug-likeness (QED) is 0.709. The second-order valence-electron chi connectivity index (χ2n) is 4.17. The van der Waals surface area contributed by atoms with Gasteiger partial charge in [-0.25, -0.2) is 4.68 Å². The van der Waals surface area contributed by atoms with Crippen LogP contribution >= 0.6 is 0 Å². The lowest BCUT2D eigenvalue weighted by molar-refractivity contribution is 0.364. The number of nitrogens with two attached hydrogens (primary N) is 1. The van der Waals surface area contributed by atoms with Crippen molar-refractivity contribution in [3.8, 4) is 11.5 Å². The number of nitrogens with zero attached hydrogens (tertiary/aromatic N) is 6. The molecule has 3 aromatic rings. The van der Waals surface area contributed by atoms with Crippen LogP contribution in [0.4, 0.5) is 0 Å². The summed E-state index contributed by atoms with van der Waals surface area (Å²) in [6, 6.07) is 5.53. The molecule has 0 radical (unpaired) electrons. The Morgan fingerprint density at radius 1 is 1.30 bits per heavy atom. The minimum absolute atomic E-state index is 0.372. The highest BCUT2D eigenvalue weighted by molar-refractivity contribution is 5.46. The van der Waals surface area contributed by atoms with Crippen LogP contribution in [0, 0.1) is 0 Å². The number of hydrogen-bond acceptors (Lipinski definition) is 7. The van der Waals surface area contributed by atoms with Gasteiger partial charge in [0.15, 0.2) is 0 Å². The maximum Gasteiger partial charge on any atom is 0.248 e. The minimum atomic E-state index is 0.372. The Labute approximate surface area is 114 Å². The third kappa shape index (κ3) is 2.69. The van der Waals surface area contributed by atoms with Crippen LogP contribution in [0.5, 0.6) is 0 Å². The van der Waals surface area contributed by atoms with E-state index in [2.05, 4.69) is 25.4 Å². The zero-order chi connectivity index (χ0) is 13.8. The molecule has 2 N–H and O–H groups in total. The van der Waals surface area contributed by atoms with E-state index in [0.29, 0.717) is 36.9 Å². The maximum atomic E-state index is 5.47. The lowest BCUT2D eigenvalue weighted by Gasteiger charge is -1.92. The van der Waals surface area contributed by atoms with Crippen LogP contribution in [0.1, 0.15) is 11.6 Å². The number of rotatable bonds is 5. The molecule has 8 heteroatoms. The molecule has 0 spiro atoms. The van der Waals surface area contributed by atoms with Crippen LogP contribution in [0.3, 0.4) is 0 Å². The van der Waals surface area contributed by atoms with Crippen molar-refractivity contribution >= 4 is 0 Å². The molecule has 0 fully saturated rings. The van der Waals surface area contributed by atoms with Crippen molar-refractivity contribution in [2.24, 2.45) is 5.73 Å². The van der Waals surface area contributed by atoms with Crippen LogP contribution in [-0.2, 0) is 13.0 Å². The Hall–Kier alpha value is -2.61. The molecule has 0 aliphatic carbocycles. The highest BCUT2D eigenvalue weighted by Crippen LogP contribution is 2.12. The first kappa shape index (κ1) is 12.4. The standard InChI is InChI=1S/C12H13N7O/c13-5-4-9-7-19(18-16-9)8-11-15-12(17-20-11)10-3-1-2-6-14-10/h1-3,6-7H,4-5,8,13H2. The Morgan fingerprint density at radius 3 is 3.05 bits per heavy atom.